The number of likely N-dealkylation sites (tertiary alicyclic amines) is 1. The van der Waals surface area contributed by atoms with Gasteiger partial charge in [-0.15, -0.1) is 0 Å². The van der Waals surface area contributed by atoms with Crippen LogP contribution in [-0.4, -0.2) is 98.3 Å². The highest BCUT2D eigenvalue weighted by Crippen LogP contribution is 2.49. The third-order valence-corrected chi connectivity index (χ3v) is 7.49. The molecule has 0 aromatic carbocycles. The molecule has 0 aromatic heterocycles. The van der Waals surface area contributed by atoms with Crippen molar-refractivity contribution in [1.29, 1.82) is 0 Å². The van der Waals surface area contributed by atoms with E-state index in [4.69, 9.17) is 24.7 Å². The normalized spacial score (nSPS) is 28.2. The van der Waals surface area contributed by atoms with Crippen molar-refractivity contribution in [1.82, 2.24) is 9.80 Å². The Bertz CT molecular complexity index is 704. The summed E-state index contributed by atoms with van der Waals surface area (Å²) >= 11 is 0. The number of fused-ring (bicyclic) bond motifs is 2. The predicted octanol–water partition coefficient (Wildman–Crippen LogP) is 3.19. The van der Waals surface area contributed by atoms with E-state index in [1.54, 1.807) is 4.90 Å². The summed E-state index contributed by atoms with van der Waals surface area (Å²) in [6.45, 7) is 12.6. The summed E-state index contributed by atoms with van der Waals surface area (Å²) < 4.78 is 23.1. The first kappa shape index (κ1) is 29.1. The van der Waals surface area contributed by atoms with Gasteiger partial charge in [0.15, 0.2) is 0 Å². The van der Waals surface area contributed by atoms with Crippen molar-refractivity contribution in [2.75, 3.05) is 59.2 Å². The van der Waals surface area contributed by atoms with Gasteiger partial charge < -0.3 is 29.6 Å². The number of hydrogen-bond donors (Lipinski definition) is 1. The van der Waals surface area contributed by atoms with Gasteiger partial charge in [-0.05, 0) is 77.6 Å². The van der Waals surface area contributed by atoms with Gasteiger partial charge in [-0.2, -0.15) is 0 Å². The molecule has 3 aliphatic rings. The molecule has 2 saturated carbocycles. The molecule has 0 spiro atoms. The fourth-order valence-electron chi connectivity index (χ4n) is 6.31. The van der Waals surface area contributed by atoms with E-state index >= 15 is 0 Å². The number of carbonyl (C=O) groups is 2. The van der Waals surface area contributed by atoms with E-state index in [2.05, 4.69) is 6.92 Å². The summed E-state index contributed by atoms with van der Waals surface area (Å²) in [5.41, 5.74) is 4.36. The van der Waals surface area contributed by atoms with Crippen LogP contribution in [0.15, 0.2) is 0 Å². The fourth-order valence-corrected chi connectivity index (χ4v) is 6.31. The number of amides is 2. The lowest BCUT2D eigenvalue weighted by molar-refractivity contribution is -0.138. The van der Waals surface area contributed by atoms with E-state index in [9.17, 15) is 9.59 Å². The first-order chi connectivity index (χ1) is 17.1. The molecule has 2 amide bonds. The van der Waals surface area contributed by atoms with Crippen LogP contribution in [0.5, 0.6) is 0 Å². The van der Waals surface area contributed by atoms with Crippen LogP contribution in [0.2, 0.25) is 0 Å². The Morgan fingerprint density at radius 1 is 0.972 bits per heavy atom. The van der Waals surface area contributed by atoms with Gasteiger partial charge in [-0.3, -0.25) is 9.69 Å². The van der Waals surface area contributed by atoms with Crippen LogP contribution >= 0.6 is 0 Å². The number of nitrogens with zero attached hydrogens (tertiary/aromatic N) is 2. The van der Waals surface area contributed by atoms with E-state index in [0.29, 0.717) is 51.4 Å². The molecule has 1 saturated heterocycles. The van der Waals surface area contributed by atoms with Crippen LogP contribution < -0.4 is 5.73 Å². The summed E-state index contributed by atoms with van der Waals surface area (Å²) in [6, 6.07) is 0. The molecule has 0 radical (unpaired) electrons. The highest BCUT2D eigenvalue weighted by atomic mass is 16.6. The second-order valence-electron chi connectivity index (χ2n) is 11.9. The van der Waals surface area contributed by atoms with Crippen LogP contribution in [0.4, 0.5) is 4.79 Å². The first-order valence-electron chi connectivity index (χ1n) is 13.9. The molecule has 4 atom stereocenters. The molecule has 1 aliphatic heterocycles. The zero-order valence-corrected chi connectivity index (χ0v) is 23.0. The Kier molecular flexibility index (Phi) is 10.8. The van der Waals surface area contributed by atoms with Gasteiger partial charge in [0.25, 0.3) is 0 Å². The van der Waals surface area contributed by atoms with Gasteiger partial charge in [0.05, 0.1) is 39.1 Å². The standard InChI is InChI=1S/C27H49N3O6/c1-21-15-22-16-23(35-14-13-34-12-11-33-10-7-28)19-27(17-21,18-22)30(25(32)36-26(2,3)4)20-24(31)29-8-5-6-9-29/h21-23H,5-20,28H2,1-4H3. The number of carbonyl (C=O) groups excluding carboxylic acids is 2. The van der Waals surface area contributed by atoms with E-state index < -0.39 is 11.1 Å². The van der Waals surface area contributed by atoms with Gasteiger partial charge in [0.2, 0.25) is 5.91 Å². The highest BCUT2D eigenvalue weighted by Gasteiger charge is 2.52. The zero-order chi connectivity index (χ0) is 26.2. The third-order valence-electron chi connectivity index (χ3n) is 7.49. The molecule has 2 bridgehead atoms. The molecule has 1 heterocycles. The smallest absolute Gasteiger partial charge is 0.411 e. The zero-order valence-electron chi connectivity index (χ0n) is 23.0. The number of rotatable bonds is 12. The van der Waals surface area contributed by atoms with Crippen LogP contribution in [0.25, 0.3) is 0 Å². The molecule has 3 rings (SSSR count). The van der Waals surface area contributed by atoms with E-state index in [1.807, 2.05) is 25.7 Å². The molecule has 4 unspecified atom stereocenters. The average molecular weight is 512 g/mol. The minimum Gasteiger partial charge on any atom is -0.444 e. The van der Waals surface area contributed by atoms with Crippen LogP contribution in [0.3, 0.4) is 0 Å². The van der Waals surface area contributed by atoms with E-state index in [0.717, 1.165) is 58.0 Å². The molecule has 3 fully saturated rings. The first-order valence-corrected chi connectivity index (χ1v) is 13.9. The Morgan fingerprint density at radius 3 is 2.31 bits per heavy atom. The molecule has 2 aliphatic carbocycles. The summed E-state index contributed by atoms with van der Waals surface area (Å²) in [5.74, 6) is 0.967. The van der Waals surface area contributed by atoms with Gasteiger partial charge in [-0.25, -0.2) is 4.79 Å². The third kappa shape index (κ3) is 8.57. The van der Waals surface area contributed by atoms with Crippen molar-refractivity contribution < 1.29 is 28.5 Å². The quantitative estimate of drug-likeness (QED) is 0.401. The largest absolute Gasteiger partial charge is 0.444 e. The molecule has 36 heavy (non-hydrogen) atoms. The Labute approximate surface area is 217 Å². The maximum atomic E-state index is 13.6. The van der Waals surface area contributed by atoms with Gasteiger partial charge in [0, 0.05) is 25.2 Å². The molecule has 208 valence electrons. The summed E-state index contributed by atoms with van der Waals surface area (Å²) in [7, 11) is 0. The van der Waals surface area contributed by atoms with Crippen molar-refractivity contribution in [3.05, 3.63) is 0 Å². The Balaban J connectivity index is 1.67. The van der Waals surface area contributed by atoms with Crippen molar-refractivity contribution >= 4 is 12.0 Å². The molecular weight excluding hydrogens is 462 g/mol. The second kappa shape index (κ2) is 13.4. The lowest BCUT2D eigenvalue weighted by Gasteiger charge is -2.55. The summed E-state index contributed by atoms with van der Waals surface area (Å²) in [5, 5.41) is 0. The minimum atomic E-state index is -0.627. The van der Waals surface area contributed by atoms with Crippen molar-refractivity contribution in [2.24, 2.45) is 17.6 Å². The van der Waals surface area contributed by atoms with E-state index in [1.165, 1.54) is 0 Å². The maximum Gasteiger partial charge on any atom is 0.411 e. The number of hydrogen-bond acceptors (Lipinski definition) is 7. The lowest BCUT2D eigenvalue weighted by Crippen LogP contribution is -2.62. The molecule has 9 heteroatoms. The van der Waals surface area contributed by atoms with Crippen LogP contribution in [-0.2, 0) is 23.7 Å². The van der Waals surface area contributed by atoms with Crippen molar-refractivity contribution in [2.45, 2.75) is 89.9 Å². The van der Waals surface area contributed by atoms with Gasteiger partial charge in [-0.1, -0.05) is 6.92 Å². The maximum absolute atomic E-state index is 13.6. The monoisotopic (exact) mass is 511 g/mol. The second-order valence-corrected chi connectivity index (χ2v) is 11.9. The molecular formula is C27H49N3O6. The Hall–Kier alpha value is -1.42. The fraction of sp³-hybridized carbons (Fsp3) is 0.926. The number of ether oxygens (including phenoxy) is 4. The van der Waals surface area contributed by atoms with Gasteiger partial charge >= 0.3 is 6.09 Å². The SMILES string of the molecule is CC1CC2CC(OCCOCCOCCN)CC(N(CC(=O)N3CCCC3)C(=O)OC(C)(C)C)(C1)C2. The van der Waals surface area contributed by atoms with Crippen LogP contribution in [0, 0.1) is 11.8 Å². The summed E-state index contributed by atoms with van der Waals surface area (Å²) in [4.78, 5) is 30.5. The van der Waals surface area contributed by atoms with Crippen molar-refractivity contribution in [3.63, 3.8) is 0 Å². The minimum absolute atomic E-state index is 0.0239. The van der Waals surface area contributed by atoms with Crippen LogP contribution in [0.1, 0.15) is 72.6 Å². The molecule has 2 N–H and O–H groups in total. The van der Waals surface area contributed by atoms with E-state index in [-0.39, 0.29) is 24.6 Å². The Morgan fingerprint density at radius 2 is 1.64 bits per heavy atom. The van der Waals surface area contributed by atoms with Gasteiger partial charge in [0.1, 0.15) is 12.1 Å². The molecule has 9 nitrogen and oxygen atoms in total. The average Bonchev–Trinajstić information content (AvgIpc) is 3.32. The molecule has 0 aromatic rings. The topological polar surface area (TPSA) is 104 Å². The summed E-state index contributed by atoms with van der Waals surface area (Å²) in [6.07, 6.45) is 6.29. The highest BCUT2D eigenvalue weighted by molar-refractivity contribution is 5.83. The number of nitrogens with two attached hydrogens (primary N) is 1. The van der Waals surface area contributed by atoms with Crippen molar-refractivity contribution in [3.8, 4) is 0 Å². The lowest BCUT2D eigenvalue weighted by atomic mass is 9.62. The predicted molar refractivity (Wildman–Crippen MR) is 138 cm³/mol.